The van der Waals surface area contributed by atoms with E-state index in [0.29, 0.717) is 0 Å². The Hall–Kier alpha value is -1.000. The summed E-state index contributed by atoms with van der Waals surface area (Å²) in [7, 11) is -1.61. The number of rotatable bonds is 0. The van der Waals surface area contributed by atoms with Crippen LogP contribution in [0.15, 0.2) is 0 Å². The number of nitrogens with one attached hydrogen (secondary N) is 3. The van der Waals surface area contributed by atoms with Gasteiger partial charge >= 0.3 is 0 Å². The molecule has 12 heteroatoms. The summed E-state index contributed by atoms with van der Waals surface area (Å²) in [5, 5.41) is 0. The maximum Gasteiger partial charge on any atom is 0.226 e. The second-order valence-electron chi connectivity index (χ2n) is 2.99. The maximum atomic E-state index is 10.0. The monoisotopic (exact) mass is 340 g/mol. The molecule has 0 aromatic carbocycles. The summed E-state index contributed by atoms with van der Waals surface area (Å²) in [6.45, 7) is 5.65. The van der Waals surface area contributed by atoms with Crippen LogP contribution in [0.1, 0.15) is 0 Å². The third-order valence-electron chi connectivity index (χ3n) is 0. The number of amides is 3. The fraction of sp³-hybridized carbons (Fsp3) is 0.500. The van der Waals surface area contributed by atoms with E-state index in [2.05, 4.69) is 0 Å². The van der Waals surface area contributed by atoms with Gasteiger partial charge in [0.05, 0.1) is 0 Å². The van der Waals surface area contributed by atoms with Gasteiger partial charge in [0.1, 0.15) is 0 Å². The molecule has 4 N–H and O–H groups in total. The van der Waals surface area contributed by atoms with Crippen LogP contribution in [0.2, 0.25) is 19.6 Å². The minimum Gasteiger partial charge on any atom is -0.638 e. The van der Waals surface area contributed by atoms with Gasteiger partial charge in [0.25, 0.3) is 0 Å². The Kier molecular flexibility index (Phi) is 30.8. The molecule has 0 rings (SSSR count). The quantitative estimate of drug-likeness (QED) is 0.400. The van der Waals surface area contributed by atoms with Crippen LogP contribution in [-0.4, -0.2) is 31.6 Å². The van der Waals surface area contributed by atoms with Crippen molar-refractivity contribution in [3.8, 4) is 0 Å². The van der Waals surface area contributed by atoms with E-state index in [0.717, 1.165) is 0 Å². The molecule has 0 aromatic heterocycles. The number of hydrogen-bond donors (Lipinski definition) is 1. The first-order valence-corrected chi connectivity index (χ1v) is 7.10. The van der Waals surface area contributed by atoms with E-state index in [1.807, 2.05) is 19.6 Å². The molecule has 0 saturated carbocycles. The van der Waals surface area contributed by atoms with Gasteiger partial charge in [0.15, 0.2) is 8.32 Å². The fourth-order valence-electron chi connectivity index (χ4n) is 0. The Morgan fingerprint density at radius 1 is 0.833 bits per heavy atom. The molecule has 106 valence electrons. The summed E-state index contributed by atoms with van der Waals surface area (Å²) in [4.78, 5) is 34.0. The van der Waals surface area contributed by atoms with Gasteiger partial charge in [-0.3, -0.25) is 14.4 Å². The third-order valence-corrected chi connectivity index (χ3v) is 0. The first-order valence-electron chi connectivity index (χ1n) is 3.65. The predicted molar refractivity (Wildman–Crippen MR) is 58.0 cm³/mol. The van der Waals surface area contributed by atoms with E-state index in [4.69, 9.17) is 36.4 Å². The molecule has 18 heavy (non-hydrogen) atoms. The van der Waals surface area contributed by atoms with Crippen molar-refractivity contribution in [2.45, 2.75) is 19.6 Å². The number of halogens is 3. The van der Waals surface area contributed by atoms with Crippen LogP contribution in [-0.2, 0) is 19.5 Å². The molecule has 0 aliphatic rings. The van der Waals surface area contributed by atoms with Gasteiger partial charge in [0.2, 0.25) is 18.5 Å². The Balaban J connectivity index is -0.0000000412. The Morgan fingerprint density at radius 3 is 0.833 bits per heavy atom. The molecule has 0 atom stereocenters. The van der Waals surface area contributed by atoms with Crippen LogP contribution in [0.4, 0.5) is 27.6 Å². The number of carbonyl (C=O) groups is 3. The fourth-order valence-corrected chi connectivity index (χ4v) is 0. The minimum atomic E-state index is -2.08. The van der Waals surface area contributed by atoms with Crippen molar-refractivity contribution in [3.05, 3.63) is 17.2 Å². The SMILES string of the molecule is C[Si](C)(C)O.[NH-]C(=O)F.[NH-]C(=O)F.[NH-]C(=O)F.[Zn]. The molecular formula is C6H13F3N3O4SiZn-3. The van der Waals surface area contributed by atoms with Gasteiger partial charge in [-0.15, -0.1) is 0 Å². The zero-order valence-corrected chi connectivity index (χ0v) is 14.0. The summed E-state index contributed by atoms with van der Waals surface area (Å²) < 4.78 is 30.1. The molecule has 0 radical (unpaired) electrons. The Morgan fingerprint density at radius 2 is 0.833 bits per heavy atom. The van der Waals surface area contributed by atoms with E-state index in [1.165, 1.54) is 0 Å². The van der Waals surface area contributed by atoms with Crippen LogP contribution >= 0.6 is 0 Å². The molecule has 0 fully saturated rings. The standard InChI is InChI=1S/C3H10OSi.3CH2FNO.Zn/c1-5(2,3)4;3*2-1(3)4;/h4H,1-3H3;3*(H2,3,4);/p-3. The summed E-state index contributed by atoms with van der Waals surface area (Å²) in [6, 6.07) is 0. The molecule has 0 aliphatic heterocycles. The molecule has 0 saturated heterocycles. The molecule has 0 bridgehead atoms. The molecule has 0 aliphatic carbocycles. The van der Waals surface area contributed by atoms with Crippen LogP contribution in [0.25, 0.3) is 17.2 Å². The van der Waals surface area contributed by atoms with E-state index in [9.17, 15) is 13.2 Å². The van der Waals surface area contributed by atoms with Gasteiger partial charge in [-0.05, 0) is 19.6 Å². The maximum absolute atomic E-state index is 10.0. The zero-order chi connectivity index (χ0) is 15.2. The Labute approximate surface area is 116 Å². The van der Waals surface area contributed by atoms with Crippen molar-refractivity contribution in [3.63, 3.8) is 0 Å². The van der Waals surface area contributed by atoms with E-state index in [1.54, 1.807) is 0 Å². The summed E-state index contributed by atoms with van der Waals surface area (Å²) in [5.74, 6) is 0. The van der Waals surface area contributed by atoms with E-state index in [-0.39, 0.29) is 19.5 Å². The molecule has 0 spiro atoms. The smallest absolute Gasteiger partial charge is 0.226 e. The van der Waals surface area contributed by atoms with Crippen LogP contribution in [0.5, 0.6) is 0 Å². The summed E-state index contributed by atoms with van der Waals surface area (Å²) >= 11 is 0. The Bertz CT molecular complexity index is 194. The molecule has 7 nitrogen and oxygen atoms in total. The average molecular weight is 342 g/mol. The second-order valence-corrected chi connectivity index (χ2v) is 7.33. The van der Waals surface area contributed by atoms with Crippen molar-refractivity contribution >= 4 is 26.8 Å². The van der Waals surface area contributed by atoms with Crippen molar-refractivity contribution in [2.24, 2.45) is 0 Å². The van der Waals surface area contributed by atoms with Gasteiger partial charge in [-0.1, -0.05) is 0 Å². The first-order chi connectivity index (χ1) is 7.20. The van der Waals surface area contributed by atoms with Crippen molar-refractivity contribution < 1.29 is 51.8 Å². The predicted octanol–water partition coefficient (Wildman–Crippen LogP) is 4.20. The van der Waals surface area contributed by atoms with Gasteiger partial charge in [-0.2, -0.15) is 13.2 Å². The topological polar surface area (TPSA) is 143 Å². The normalized spacial score (nSPS) is 7.50. The van der Waals surface area contributed by atoms with Crippen molar-refractivity contribution in [2.75, 3.05) is 0 Å². The van der Waals surface area contributed by atoms with Gasteiger partial charge in [0, 0.05) is 19.5 Å². The molecule has 0 unspecified atom stereocenters. The number of hydrogen-bond acceptors (Lipinski definition) is 4. The third kappa shape index (κ3) is 2940. The zero-order valence-electron chi connectivity index (χ0n) is 10.0. The van der Waals surface area contributed by atoms with Gasteiger partial charge < -0.3 is 22.0 Å². The number of carbonyl (C=O) groups excluding carboxylic acids is 3. The molecule has 0 heterocycles. The summed E-state index contributed by atoms with van der Waals surface area (Å²) in [6.07, 6.45) is -6.25. The van der Waals surface area contributed by atoms with Crippen LogP contribution < -0.4 is 0 Å². The average Bonchev–Trinajstić information content (AvgIpc) is 1.73. The molecular weight excluding hydrogens is 329 g/mol. The van der Waals surface area contributed by atoms with Gasteiger partial charge in [-0.25, -0.2) is 0 Å². The summed E-state index contributed by atoms with van der Waals surface area (Å²) in [5.41, 5.74) is 15.8. The van der Waals surface area contributed by atoms with E-state index < -0.39 is 26.8 Å². The van der Waals surface area contributed by atoms with Crippen LogP contribution in [0.3, 0.4) is 0 Å². The largest absolute Gasteiger partial charge is 0.638 e. The van der Waals surface area contributed by atoms with Crippen LogP contribution in [0, 0.1) is 0 Å². The van der Waals surface area contributed by atoms with E-state index >= 15 is 0 Å². The van der Waals surface area contributed by atoms with Crippen molar-refractivity contribution in [1.82, 2.24) is 0 Å². The first kappa shape index (κ1) is 30.2. The second kappa shape index (κ2) is 18.4. The van der Waals surface area contributed by atoms with Crippen molar-refractivity contribution in [1.29, 1.82) is 0 Å². The molecule has 3 amide bonds. The minimum absolute atomic E-state index is 0. The molecule has 0 aromatic rings.